The first kappa shape index (κ1) is 17.1. The number of nitrogens with zero attached hydrogens (tertiary/aromatic N) is 2. The van der Waals surface area contributed by atoms with E-state index < -0.39 is 22.7 Å². The van der Waals surface area contributed by atoms with Crippen LogP contribution in [0.1, 0.15) is 0 Å². The molecule has 10 nitrogen and oxygen atoms in total. The highest BCUT2D eigenvalue weighted by Gasteiger charge is 2.17. The Morgan fingerprint density at radius 1 is 0.679 bits per heavy atom. The zero-order valence-electron chi connectivity index (χ0n) is 14.0. The maximum atomic E-state index is 12.1. The molecule has 10 heteroatoms. The van der Waals surface area contributed by atoms with Gasteiger partial charge >= 0.3 is 5.69 Å². The molecule has 0 saturated heterocycles. The third-order valence-electron chi connectivity index (χ3n) is 4.07. The Labute approximate surface area is 155 Å². The van der Waals surface area contributed by atoms with Crippen LogP contribution < -0.4 is 11.2 Å². The van der Waals surface area contributed by atoms with Crippen LogP contribution in [0, 0.1) is 0 Å². The first-order valence-corrected chi connectivity index (χ1v) is 7.92. The fourth-order valence-corrected chi connectivity index (χ4v) is 2.73. The van der Waals surface area contributed by atoms with Crippen molar-refractivity contribution in [1.29, 1.82) is 0 Å². The van der Waals surface area contributed by atoms with Gasteiger partial charge in [0, 0.05) is 11.1 Å². The first-order valence-electron chi connectivity index (χ1n) is 7.92. The van der Waals surface area contributed by atoms with E-state index in [-0.39, 0.29) is 34.1 Å². The summed E-state index contributed by atoms with van der Waals surface area (Å²) >= 11 is 0. The van der Waals surface area contributed by atoms with E-state index in [0.29, 0.717) is 11.1 Å². The van der Waals surface area contributed by atoms with Gasteiger partial charge in [-0.1, -0.05) is 0 Å². The molecular formula is C18H12N4O6. The smallest absolute Gasteiger partial charge is 0.327 e. The molecule has 0 atom stereocenters. The summed E-state index contributed by atoms with van der Waals surface area (Å²) in [4.78, 5) is 36.7. The molecule has 6 N–H and O–H groups in total. The molecule has 4 rings (SSSR count). The number of benzene rings is 2. The molecule has 0 aliphatic rings. The van der Waals surface area contributed by atoms with Crippen molar-refractivity contribution < 1.29 is 20.4 Å². The van der Waals surface area contributed by atoms with Crippen molar-refractivity contribution in [2.24, 2.45) is 0 Å². The van der Waals surface area contributed by atoms with E-state index >= 15 is 0 Å². The second kappa shape index (κ2) is 6.13. The van der Waals surface area contributed by atoms with E-state index in [1.165, 1.54) is 36.4 Å². The molecule has 0 fully saturated rings. The molecule has 0 spiro atoms. The maximum Gasteiger partial charge on any atom is 0.327 e. The Hall–Kier alpha value is -4.34. The second-order valence-electron chi connectivity index (χ2n) is 5.93. The van der Waals surface area contributed by atoms with Crippen LogP contribution >= 0.6 is 0 Å². The number of phenolic OH excluding ortho intramolecular Hbond substituents is 4. The summed E-state index contributed by atoms with van der Waals surface area (Å²) in [5.74, 6) is -1.50. The number of rotatable bonds is 2. The number of aromatic amines is 2. The van der Waals surface area contributed by atoms with Gasteiger partial charge in [-0.05, 0) is 36.4 Å². The molecule has 0 unspecified atom stereocenters. The Kier molecular flexibility index (Phi) is 3.74. The standard InChI is InChI=1S/C18H12N4O6/c23-9-3-1-7(5-11(9)25)13-14(8-2-4-10(24)12(26)6-8)20-16-15(19-13)17(27)22-18(28)21-16/h1-6,23-26H,(H2,20,21,22,27,28). The summed E-state index contributed by atoms with van der Waals surface area (Å²) < 4.78 is 0. The fourth-order valence-electron chi connectivity index (χ4n) is 2.73. The molecule has 0 amide bonds. The topological polar surface area (TPSA) is 172 Å². The van der Waals surface area contributed by atoms with Crippen LogP contribution in [0.5, 0.6) is 23.0 Å². The van der Waals surface area contributed by atoms with E-state index in [1.807, 2.05) is 0 Å². The van der Waals surface area contributed by atoms with Crippen molar-refractivity contribution in [3.8, 4) is 45.5 Å². The monoisotopic (exact) mass is 380 g/mol. The van der Waals surface area contributed by atoms with Gasteiger partial charge in [0.05, 0.1) is 11.4 Å². The lowest BCUT2D eigenvalue weighted by atomic mass is 10.0. The van der Waals surface area contributed by atoms with Gasteiger partial charge < -0.3 is 20.4 Å². The third-order valence-corrected chi connectivity index (χ3v) is 4.07. The number of aromatic nitrogens is 4. The van der Waals surface area contributed by atoms with Crippen LogP contribution in [0.4, 0.5) is 0 Å². The first-order chi connectivity index (χ1) is 13.3. The number of phenols is 4. The van der Waals surface area contributed by atoms with Gasteiger partial charge in [-0.3, -0.25) is 14.8 Å². The van der Waals surface area contributed by atoms with Crippen LogP contribution in [0.3, 0.4) is 0 Å². The summed E-state index contributed by atoms with van der Waals surface area (Å²) in [6, 6.07) is 7.87. The van der Waals surface area contributed by atoms with Crippen molar-refractivity contribution in [2.45, 2.75) is 0 Å². The highest BCUT2D eigenvalue weighted by Crippen LogP contribution is 2.37. The number of hydrogen-bond acceptors (Lipinski definition) is 8. The minimum absolute atomic E-state index is 0.0805. The van der Waals surface area contributed by atoms with E-state index in [1.54, 1.807) is 0 Å². The van der Waals surface area contributed by atoms with Gasteiger partial charge in [-0.15, -0.1) is 0 Å². The number of H-pyrrole nitrogens is 2. The van der Waals surface area contributed by atoms with Crippen LogP contribution in [0.2, 0.25) is 0 Å². The predicted molar refractivity (Wildman–Crippen MR) is 98.3 cm³/mol. The van der Waals surface area contributed by atoms with Gasteiger partial charge in [0.2, 0.25) is 0 Å². The van der Waals surface area contributed by atoms with Gasteiger partial charge in [0.15, 0.2) is 34.2 Å². The minimum Gasteiger partial charge on any atom is -0.504 e. The molecule has 28 heavy (non-hydrogen) atoms. The summed E-state index contributed by atoms with van der Waals surface area (Å²) in [6.07, 6.45) is 0. The van der Waals surface area contributed by atoms with E-state index in [4.69, 9.17) is 0 Å². The van der Waals surface area contributed by atoms with Crippen LogP contribution in [-0.2, 0) is 0 Å². The average molecular weight is 380 g/mol. The number of aromatic hydroxyl groups is 4. The normalized spacial score (nSPS) is 11.0. The lowest BCUT2D eigenvalue weighted by Crippen LogP contribution is -2.23. The largest absolute Gasteiger partial charge is 0.504 e. The minimum atomic E-state index is -0.763. The van der Waals surface area contributed by atoms with Crippen molar-refractivity contribution in [3.63, 3.8) is 0 Å². The highest BCUT2D eigenvalue weighted by atomic mass is 16.3. The average Bonchev–Trinajstić information content (AvgIpc) is 2.65. The Balaban J connectivity index is 2.10. The van der Waals surface area contributed by atoms with Gasteiger partial charge in [0.25, 0.3) is 5.56 Å². The molecule has 0 saturated carbocycles. The van der Waals surface area contributed by atoms with Gasteiger partial charge in [-0.2, -0.15) is 0 Å². The van der Waals surface area contributed by atoms with E-state index in [9.17, 15) is 30.0 Å². The molecule has 2 aromatic carbocycles. The molecular weight excluding hydrogens is 368 g/mol. The molecule has 140 valence electrons. The van der Waals surface area contributed by atoms with Crippen molar-refractivity contribution in [2.75, 3.05) is 0 Å². The summed E-state index contributed by atoms with van der Waals surface area (Å²) in [6.45, 7) is 0. The quantitative estimate of drug-likeness (QED) is 0.281. The summed E-state index contributed by atoms with van der Waals surface area (Å²) in [5.41, 5.74) is -0.792. The van der Waals surface area contributed by atoms with Crippen LogP contribution in [0.15, 0.2) is 46.0 Å². The zero-order valence-corrected chi connectivity index (χ0v) is 14.0. The Morgan fingerprint density at radius 3 is 1.75 bits per heavy atom. The number of fused-ring (bicyclic) bond motifs is 1. The molecule has 2 aromatic heterocycles. The van der Waals surface area contributed by atoms with Gasteiger partial charge in [-0.25, -0.2) is 14.8 Å². The third kappa shape index (κ3) is 2.78. The fraction of sp³-hybridized carbons (Fsp3) is 0. The molecule has 0 aliphatic carbocycles. The van der Waals surface area contributed by atoms with E-state index in [2.05, 4.69) is 19.9 Å². The highest BCUT2D eigenvalue weighted by molar-refractivity contribution is 5.85. The van der Waals surface area contributed by atoms with Crippen molar-refractivity contribution >= 4 is 11.2 Å². The molecule has 0 aliphatic heterocycles. The number of hydrogen-bond donors (Lipinski definition) is 6. The van der Waals surface area contributed by atoms with Crippen LogP contribution in [0.25, 0.3) is 33.7 Å². The maximum absolute atomic E-state index is 12.1. The Bertz CT molecular complexity index is 1360. The SMILES string of the molecule is O=c1[nH]c(=O)c2nc(-c3ccc(O)c(O)c3)c(-c3ccc(O)c(O)c3)nc2[nH]1. The summed E-state index contributed by atoms with van der Waals surface area (Å²) in [7, 11) is 0. The van der Waals surface area contributed by atoms with Crippen molar-refractivity contribution in [3.05, 3.63) is 57.2 Å². The molecule has 0 radical (unpaired) electrons. The Morgan fingerprint density at radius 2 is 1.21 bits per heavy atom. The summed E-state index contributed by atoms with van der Waals surface area (Å²) in [5, 5.41) is 38.7. The molecule has 0 bridgehead atoms. The molecule has 2 heterocycles. The van der Waals surface area contributed by atoms with Crippen LogP contribution in [-0.4, -0.2) is 40.4 Å². The van der Waals surface area contributed by atoms with Gasteiger partial charge in [0.1, 0.15) is 0 Å². The lowest BCUT2D eigenvalue weighted by Gasteiger charge is -2.11. The van der Waals surface area contributed by atoms with Crippen molar-refractivity contribution in [1.82, 2.24) is 19.9 Å². The molecule has 4 aromatic rings. The number of nitrogens with one attached hydrogen (secondary N) is 2. The lowest BCUT2D eigenvalue weighted by molar-refractivity contribution is 0.404. The van der Waals surface area contributed by atoms with E-state index in [0.717, 1.165) is 0 Å². The zero-order chi connectivity index (χ0) is 20.0. The second-order valence-corrected chi connectivity index (χ2v) is 5.93. The predicted octanol–water partition coefficient (Wildman–Crippen LogP) is 1.16.